The van der Waals surface area contributed by atoms with Crippen molar-refractivity contribution in [3.8, 4) is 0 Å². The van der Waals surface area contributed by atoms with Crippen molar-refractivity contribution in [2.75, 3.05) is 47.1 Å². The zero-order chi connectivity index (χ0) is 10.8. The minimum absolute atomic E-state index is 0.327. The van der Waals surface area contributed by atoms with E-state index in [0.717, 1.165) is 6.54 Å². The van der Waals surface area contributed by atoms with Gasteiger partial charge in [0.15, 0.2) is 0 Å². The molecule has 14 heavy (non-hydrogen) atoms. The van der Waals surface area contributed by atoms with Crippen molar-refractivity contribution < 1.29 is 18.3 Å². The van der Waals surface area contributed by atoms with Crippen molar-refractivity contribution in [2.24, 2.45) is 0 Å². The maximum Gasteiger partial charge on any atom is 0.319 e. The summed E-state index contributed by atoms with van der Waals surface area (Å²) in [6, 6.07) is 0. The molecule has 0 aliphatic carbocycles. The van der Waals surface area contributed by atoms with E-state index >= 15 is 0 Å². The summed E-state index contributed by atoms with van der Waals surface area (Å²) in [6.07, 6.45) is 0. The fraction of sp³-hybridized carbons (Fsp3) is 1.00. The summed E-state index contributed by atoms with van der Waals surface area (Å²) in [7, 11) is 1.53. The number of rotatable bonds is 9. The second kappa shape index (κ2) is 9.62. The Labute approximate surface area is 86.3 Å². The van der Waals surface area contributed by atoms with Gasteiger partial charge in [-0.3, -0.25) is 4.57 Å². The first kappa shape index (κ1) is 14.1. The normalized spacial score (nSPS) is 13.4. The molecule has 0 heterocycles. The van der Waals surface area contributed by atoms with E-state index in [9.17, 15) is 4.57 Å². The lowest BCUT2D eigenvalue weighted by molar-refractivity contribution is 0.103. The summed E-state index contributed by atoms with van der Waals surface area (Å²) in [4.78, 5) is 1.95. The Morgan fingerprint density at radius 3 is 2.36 bits per heavy atom. The molecule has 0 aromatic carbocycles. The molecule has 1 atom stereocenters. The van der Waals surface area contributed by atoms with E-state index in [2.05, 4.69) is 0 Å². The monoisotopic (exact) mass is 225 g/mol. The minimum atomic E-state index is -2.32. The van der Waals surface area contributed by atoms with Crippen molar-refractivity contribution in [1.29, 1.82) is 0 Å². The second-order valence-electron chi connectivity index (χ2n) is 2.95. The summed E-state index contributed by atoms with van der Waals surface area (Å²) in [5, 5.41) is 0. The van der Waals surface area contributed by atoms with Crippen LogP contribution in [0.25, 0.3) is 0 Å². The first-order chi connectivity index (χ1) is 6.66. The Bertz CT molecular complexity index is 154. The van der Waals surface area contributed by atoms with Gasteiger partial charge < -0.3 is 18.7 Å². The highest BCUT2D eigenvalue weighted by molar-refractivity contribution is 7.33. The Morgan fingerprint density at radius 2 is 1.79 bits per heavy atom. The summed E-state index contributed by atoms with van der Waals surface area (Å²) in [5.74, 6) is 0. The predicted octanol–water partition coefficient (Wildman–Crippen LogP) is 1.01. The third-order valence-corrected chi connectivity index (χ3v) is 2.29. The van der Waals surface area contributed by atoms with Gasteiger partial charge in [-0.25, -0.2) is 0 Å². The highest BCUT2D eigenvalue weighted by atomic mass is 31.1. The van der Waals surface area contributed by atoms with Gasteiger partial charge >= 0.3 is 8.25 Å². The molecule has 5 nitrogen and oxygen atoms in total. The van der Waals surface area contributed by atoms with Gasteiger partial charge in [0, 0.05) is 13.2 Å². The van der Waals surface area contributed by atoms with Gasteiger partial charge in [-0.15, -0.1) is 0 Å². The van der Waals surface area contributed by atoms with Crippen LogP contribution in [-0.4, -0.2) is 52.0 Å². The van der Waals surface area contributed by atoms with Gasteiger partial charge in [0.2, 0.25) is 0 Å². The summed E-state index contributed by atoms with van der Waals surface area (Å²) in [6.45, 7) is 4.50. The fourth-order valence-corrected chi connectivity index (χ4v) is 1.27. The molecule has 0 aromatic heterocycles. The molecule has 0 N–H and O–H groups in total. The van der Waals surface area contributed by atoms with E-state index < -0.39 is 8.25 Å². The average molecular weight is 225 g/mol. The van der Waals surface area contributed by atoms with Gasteiger partial charge in [0.05, 0.1) is 19.8 Å². The molecule has 0 saturated carbocycles. The minimum Gasteiger partial charge on any atom is -0.379 e. The summed E-state index contributed by atoms with van der Waals surface area (Å²) >= 11 is 0. The lowest BCUT2D eigenvalue weighted by atomic mass is 10.6. The van der Waals surface area contributed by atoms with Crippen LogP contribution in [0.2, 0.25) is 0 Å². The molecule has 0 fully saturated rings. The molecular weight excluding hydrogens is 205 g/mol. The fourth-order valence-electron chi connectivity index (χ4n) is 0.681. The summed E-state index contributed by atoms with van der Waals surface area (Å²) < 4.78 is 25.9. The maximum absolute atomic E-state index is 11.1. The van der Waals surface area contributed by atoms with Crippen LogP contribution in [0.5, 0.6) is 0 Å². The third kappa shape index (κ3) is 10.2. The van der Waals surface area contributed by atoms with Crippen LogP contribution in [0.1, 0.15) is 6.92 Å². The number of likely N-dealkylation sites (N-methyl/N-ethyl adjacent to an activating group) is 1. The highest BCUT2D eigenvalue weighted by Crippen LogP contribution is 2.22. The Balaban J connectivity index is 3.20. The van der Waals surface area contributed by atoms with Gasteiger partial charge in [0.1, 0.15) is 0 Å². The summed E-state index contributed by atoms with van der Waals surface area (Å²) in [5.41, 5.74) is 0. The molecule has 6 heteroatoms. The van der Waals surface area contributed by atoms with Crippen LogP contribution in [-0.2, 0) is 18.3 Å². The lowest BCUT2D eigenvalue weighted by Crippen LogP contribution is -2.16. The van der Waals surface area contributed by atoms with Crippen molar-refractivity contribution in [2.45, 2.75) is 6.92 Å². The van der Waals surface area contributed by atoms with Crippen molar-refractivity contribution in [1.82, 2.24) is 4.90 Å². The van der Waals surface area contributed by atoms with Crippen LogP contribution in [0.3, 0.4) is 0 Å². The second-order valence-corrected chi connectivity index (χ2v) is 4.02. The molecular formula is C8H20NO4P. The largest absolute Gasteiger partial charge is 0.379 e. The highest BCUT2D eigenvalue weighted by Gasteiger charge is 1.99. The molecule has 0 bridgehead atoms. The molecule has 0 aliphatic heterocycles. The van der Waals surface area contributed by atoms with Gasteiger partial charge in [-0.05, 0) is 21.0 Å². The average Bonchev–Trinajstić information content (AvgIpc) is 2.12. The van der Waals surface area contributed by atoms with E-state index in [1.54, 1.807) is 0 Å². The first-order valence-electron chi connectivity index (χ1n) is 4.68. The van der Waals surface area contributed by atoms with E-state index in [1.165, 1.54) is 0 Å². The molecule has 0 radical (unpaired) electrons. The molecule has 1 unspecified atom stereocenters. The van der Waals surface area contributed by atoms with E-state index in [1.807, 2.05) is 25.9 Å². The molecule has 0 saturated heterocycles. The standard InChI is InChI=1S/C8H20NO4P/c1-4-11-7-8-13-14(10)12-6-5-9(2)3/h14H,4-8H2,1-3H3. The van der Waals surface area contributed by atoms with Crippen LogP contribution in [0.15, 0.2) is 0 Å². The van der Waals surface area contributed by atoms with Crippen molar-refractivity contribution >= 4 is 8.25 Å². The molecule has 0 aromatic rings. The van der Waals surface area contributed by atoms with Crippen LogP contribution >= 0.6 is 8.25 Å². The number of nitrogens with zero attached hydrogens (tertiary/aromatic N) is 1. The van der Waals surface area contributed by atoms with E-state index in [-0.39, 0.29) is 0 Å². The SMILES string of the molecule is CCOCCO[PH](=O)OCCN(C)C. The number of hydrogen-bond acceptors (Lipinski definition) is 5. The predicted molar refractivity (Wildman–Crippen MR) is 56.0 cm³/mol. The quantitative estimate of drug-likeness (QED) is 0.433. The van der Waals surface area contributed by atoms with Gasteiger partial charge in [0.25, 0.3) is 0 Å². The third-order valence-electron chi connectivity index (χ3n) is 1.41. The number of hydrogen-bond donors (Lipinski definition) is 0. The van der Waals surface area contributed by atoms with Crippen LogP contribution < -0.4 is 0 Å². The van der Waals surface area contributed by atoms with E-state index in [4.69, 9.17) is 13.8 Å². The Kier molecular flexibility index (Phi) is 9.67. The number of ether oxygens (including phenoxy) is 1. The van der Waals surface area contributed by atoms with Gasteiger partial charge in [-0.1, -0.05) is 0 Å². The molecule has 0 spiro atoms. The topological polar surface area (TPSA) is 48.0 Å². The first-order valence-corrected chi connectivity index (χ1v) is 5.91. The Hall–Kier alpha value is 0.0700. The van der Waals surface area contributed by atoms with Crippen molar-refractivity contribution in [3.63, 3.8) is 0 Å². The molecule has 0 aliphatic rings. The van der Waals surface area contributed by atoms with E-state index in [0.29, 0.717) is 26.4 Å². The zero-order valence-electron chi connectivity index (χ0n) is 9.12. The maximum atomic E-state index is 11.1. The van der Waals surface area contributed by atoms with Gasteiger partial charge in [-0.2, -0.15) is 0 Å². The molecule has 86 valence electrons. The Morgan fingerprint density at radius 1 is 1.14 bits per heavy atom. The molecule has 0 amide bonds. The smallest absolute Gasteiger partial charge is 0.319 e. The zero-order valence-corrected chi connectivity index (χ0v) is 10.1. The van der Waals surface area contributed by atoms with Crippen molar-refractivity contribution in [3.05, 3.63) is 0 Å². The molecule has 0 rings (SSSR count). The lowest BCUT2D eigenvalue weighted by Gasteiger charge is -2.09. The van der Waals surface area contributed by atoms with Crippen LogP contribution in [0, 0.1) is 0 Å². The van der Waals surface area contributed by atoms with Crippen LogP contribution in [0.4, 0.5) is 0 Å².